The molecule has 3 heterocycles. The normalized spacial score (nSPS) is 15.0. The van der Waals surface area contributed by atoms with Crippen molar-refractivity contribution in [2.24, 2.45) is 5.41 Å². The molecule has 1 N–H and O–H groups in total. The van der Waals surface area contributed by atoms with Gasteiger partial charge in [0.15, 0.2) is 0 Å². The average Bonchev–Trinajstić information content (AvgIpc) is 3.32. The molecule has 0 unspecified atom stereocenters. The minimum atomic E-state index is -0.827. The molecule has 0 amide bonds. The van der Waals surface area contributed by atoms with Crippen molar-refractivity contribution in [3.8, 4) is 22.5 Å². The molecule has 0 saturated carbocycles. The first-order chi connectivity index (χ1) is 13.9. The fraction of sp³-hybridized carbons (Fsp3) is 0.240. The van der Waals surface area contributed by atoms with Gasteiger partial charge in [-0.3, -0.25) is 4.79 Å². The number of carboxylic acid groups (broad SMARTS) is 1. The van der Waals surface area contributed by atoms with Crippen LogP contribution < -0.4 is 0 Å². The largest absolute Gasteiger partial charge is 0.481 e. The smallest absolute Gasteiger partial charge is 0.309 e. The van der Waals surface area contributed by atoms with E-state index in [-0.39, 0.29) is 11.8 Å². The number of hydrogen-bond acceptors (Lipinski definition) is 2. The maximum atomic E-state index is 11.8. The molecule has 0 fully saturated rings. The van der Waals surface area contributed by atoms with Crippen molar-refractivity contribution < 1.29 is 14.3 Å². The summed E-state index contributed by atoms with van der Waals surface area (Å²) in [5.74, 6) is -0.0675. The van der Waals surface area contributed by atoms with Gasteiger partial charge in [-0.15, -0.1) is 0 Å². The molecule has 4 nitrogen and oxygen atoms in total. The zero-order valence-electron chi connectivity index (χ0n) is 16.6. The Morgan fingerprint density at radius 2 is 1.79 bits per heavy atom. The van der Waals surface area contributed by atoms with Gasteiger partial charge in [0.05, 0.1) is 12.7 Å². The summed E-state index contributed by atoms with van der Waals surface area (Å²) < 4.78 is 8.29. The van der Waals surface area contributed by atoms with E-state index in [2.05, 4.69) is 30.5 Å². The molecule has 4 aromatic rings. The summed E-state index contributed by atoms with van der Waals surface area (Å²) in [7, 11) is 0. The van der Waals surface area contributed by atoms with Gasteiger partial charge in [0.1, 0.15) is 5.76 Å². The van der Waals surface area contributed by atoms with Gasteiger partial charge < -0.3 is 14.1 Å². The Morgan fingerprint density at radius 3 is 2.55 bits per heavy atom. The second-order valence-electron chi connectivity index (χ2n) is 8.66. The third-order valence-electron chi connectivity index (χ3n) is 5.83. The zero-order chi connectivity index (χ0) is 20.2. The first-order valence-corrected chi connectivity index (χ1v) is 9.93. The fourth-order valence-electron chi connectivity index (χ4n) is 4.71. The number of nitrogens with zero attached hydrogens (tertiary/aromatic N) is 1. The van der Waals surface area contributed by atoms with E-state index in [1.165, 1.54) is 5.69 Å². The van der Waals surface area contributed by atoms with Crippen molar-refractivity contribution in [2.75, 3.05) is 0 Å². The highest BCUT2D eigenvalue weighted by atomic mass is 16.4. The van der Waals surface area contributed by atoms with Gasteiger partial charge in [-0.05, 0) is 17.4 Å². The molecule has 0 radical (unpaired) electrons. The Labute approximate surface area is 169 Å². The minimum Gasteiger partial charge on any atom is -0.481 e. The van der Waals surface area contributed by atoms with E-state index in [1.54, 1.807) is 6.26 Å². The molecule has 0 saturated heterocycles. The number of hydrogen-bond donors (Lipinski definition) is 1. The SMILES string of the molecule is CC1(C)Cc2c(-c3ccccc3)c(-c3occ4ccccc34)c(CC(=O)O)n2C1. The summed E-state index contributed by atoms with van der Waals surface area (Å²) in [6, 6.07) is 18.3. The summed E-state index contributed by atoms with van der Waals surface area (Å²) in [6.45, 7) is 5.28. The number of aromatic nitrogens is 1. The van der Waals surface area contributed by atoms with Gasteiger partial charge in [-0.2, -0.15) is 0 Å². The van der Waals surface area contributed by atoms with Crippen LogP contribution in [0.2, 0.25) is 0 Å². The lowest BCUT2D eigenvalue weighted by molar-refractivity contribution is -0.136. The van der Waals surface area contributed by atoms with E-state index in [9.17, 15) is 9.90 Å². The molecule has 1 aliphatic heterocycles. The van der Waals surface area contributed by atoms with Crippen molar-refractivity contribution in [3.63, 3.8) is 0 Å². The van der Waals surface area contributed by atoms with Crippen LogP contribution >= 0.6 is 0 Å². The molecule has 1 aliphatic rings. The van der Waals surface area contributed by atoms with Crippen molar-refractivity contribution in [1.82, 2.24) is 4.57 Å². The number of rotatable bonds is 4. The lowest BCUT2D eigenvalue weighted by Gasteiger charge is -2.18. The molecule has 146 valence electrons. The van der Waals surface area contributed by atoms with Crippen LogP contribution in [0.25, 0.3) is 33.2 Å². The van der Waals surface area contributed by atoms with Crippen molar-refractivity contribution in [2.45, 2.75) is 33.2 Å². The molecular weight excluding hydrogens is 362 g/mol. The van der Waals surface area contributed by atoms with Crippen LogP contribution in [0.5, 0.6) is 0 Å². The molecule has 29 heavy (non-hydrogen) atoms. The number of carbonyl (C=O) groups is 1. The number of carboxylic acids is 1. The summed E-state index contributed by atoms with van der Waals surface area (Å²) >= 11 is 0. The lowest BCUT2D eigenvalue weighted by atomic mass is 9.87. The van der Waals surface area contributed by atoms with E-state index >= 15 is 0 Å². The Bertz CT molecular complexity index is 1230. The summed E-state index contributed by atoms with van der Waals surface area (Å²) in [6.07, 6.45) is 2.64. The predicted octanol–water partition coefficient (Wildman–Crippen LogP) is 5.78. The minimum absolute atomic E-state index is 0.0275. The van der Waals surface area contributed by atoms with Crippen LogP contribution in [0, 0.1) is 5.41 Å². The number of aliphatic carboxylic acids is 1. The predicted molar refractivity (Wildman–Crippen MR) is 114 cm³/mol. The van der Waals surface area contributed by atoms with E-state index < -0.39 is 5.97 Å². The highest BCUT2D eigenvalue weighted by molar-refractivity contribution is 6.00. The van der Waals surface area contributed by atoms with Gasteiger partial charge in [-0.25, -0.2) is 0 Å². The molecule has 4 heteroatoms. The van der Waals surface area contributed by atoms with E-state index in [0.29, 0.717) is 0 Å². The topological polar surface area (TPSA) is 55.4 Å². The first-order valence-electron chi connectivity index (χ1n) is 9.93. The van der Waals surface area contributed by atoms with Crippen LogP contribution in [0.1, 0.15) is 25.2 Å². The highest BCUT2D eigenvalue weighted by Gasteiger charge is 2.37. The quantitative estimate of drug-likeness (QED) is 0.485. The molecule has 0 spiro atoms. The van der Waals surface area contributed by atoms with Gasteiger partial charge >= 0.3 is 5.97 Å². The van der Waals surface area contributed by atoms with E-state index in [0.717, 1.165) is 51.9 Å². The summed E-state index contributed by atoms with van der Waals surface area (Å²) in [4.78, 5) is 11.8. The van der Waals surface area contributed by atoms with Crippen LogP contribution in [0.4, 0.5) is 0 Å². The Morgan fingerprint density at radius 1 is 1.07 bits per heavy atom. The molecule has 0 aliphatic carbocycles. The number of furan rings is 1. The highest BCUT2D eigenvalue weighted by Crippen LogP contribution is 2.48. The first kappa shape index (κ1) is 17.8. The summed E-state index contributed by atoms with van der Waals surface area (Å²) in [5, 5.41) is 11.7. The molecule has 5 rings (SSSR count). The molecule has 0 atom stereocenters. The molecule has 2 aromatic carbocycles. The molecular formula is C25H23NO3. The third-order valence-corrected chi connectivity index (χ3v) is 5.83. The lowest BCUT2D eigenvalue weighted by Crippen LogP contribution is -2.15. The van der Waals surface area contributed by atoms with Crippen LogP contribution in [-0.2, 0) is 24.2 Å². The van der Waals surface area contributed by atoms with Crippen LogP contribution in [-0.4, -0.2) is 15.6 Å². The number of fused-ring (bicyclic) bond motifs is 2. The van der Waals surface area contributed by atoms with Crippen LogP contribution in [0.15, 0.2) is 65.3 Å². The zero-order valence-corrected chi connectivity index (χ0v) is 16.6. The second kappa shape index (κ2) is 6.38. The average molecular weight is 385 g/mol. The number of benzene rings is 2. The molecule has 2 aromatic heterocycles. The second-order valence-corrected chi connectivity index (χ2v) is 8.66. The van der Waals surface area contributed by atoms with Crippen LogP contribution in [0.3, 0.4) is 0 Å². The van der Waals surface area contributed by atoms with E-state index in [1.807, 2.05) is 42.5 Å². The standard InChI is InChI=1S/C25H23NO3/c1-25(2)13-20-22(16-8-4-3-5-9-16)23(19(12-21(27)28)26(20)15-25)24-18-11-7-6-10-17(18)14-29-24/h3-11,14H,12-13,15H2,1-2H3,(H,27,28). The van der Waals surface area contributed by atoms with Gasteiger partial charge in [-0.1, -0.05) is 68.4 Å². The van der Waals surface area contributed by atoms with Crippen molar-refractivity contribution in [1.29, 1.82) is 0 Å². The fourth-order valence-corrected chi connectivity index (χ4v) is 4.71. The van der Waals surface area contributed by atoms with Gasteiger partial charge in [0.2, 0.25) is 0 Å². The Kier molecular flexibility index (Phi) is 3.91. The van der Waals surface area contributed by atoms with Crippen molar-refractivity contribution in [3.05, 3.63) is 72.2 Å². The van der Waals surface area contributed by atoms with Gasteiger partial charge in [0, 0.05) is 39.8 Å². The van der Waals surface area contributed by atoms with Crippen molar-refractivity contribution >= 4 is 16.7 Å². The maximum absolute atomic E-state index is 11.8. The van der Waals surface area contributed by atoms with Gasteiger partial charge in [0.25, 0.3) is 0 Å². The maximum Gasteiger partial charge on any atom is 0.309 e. The monoisotopic (exact) mass is 385 g/mol. The third kappa shape index (κ3) is 2.87. The Balaban J connectivity index is 1.87. The Hall–Kier alpha value is -3.27. The summed E-state index contributed by atoms with van der Waals surface area (Å²) in [5.41, 5.74) is 5.25. The molecule has 0 bridgehead atoms. The van der Waals surface area contributed by atoms with E-state index in [4.69, 9.17) is 4.42 Å².